The highest BCUT2D eigenvalue weighted by Crippen LogP contribution is 2.22. The van der Waals surface area contributed by atoms with Gasteiger partial charge in [-0.15, -0.1) is 0 Å². The first-order valence-electron chi connectivity index (χ1n) is 7.06. The Balaban J connectivity index is 2.09. The molecule has 0 aliphatic carbocycles. The summed E-state index contributed by atoms with van der Waals surface area (Å²) in [6.45, 7) is 1.01. The van der Waals surface area contributed by atoms with Crippen LogP contribution < -0.4 is 5.32 Å². The van der Waals surface area contributed by atoms with Crippen molar-refractivity contribution in [3.05, 3.63) is 60.4 Å². The van der Waals surface area contributed by atoms with Gasteiger partial charge < -0.3 is 5.32 Å². The van der Waals surface area contributed by atoms with E-state index in [0.717, 1.165) is 30.7 Å². The SMILES string of the molecule is CNCCCc1nc2ccccc2n1-c1ccccc1. The van der Waals surface area contributed by atoms with E-state index in [-0.39, 0.29) is 0 Å². The van der Waals surface area contributed by atoms with Gasteiger partial charge in [0.15, 0.2) is 0 Å². The van der Waals surface area contributed by atoms with E-state index in [1.54, 1.807) is 0 Å². The van der Waals surface area contributed by atoms with Gasteiger partial charge in [-0.3, -0.25) is 4.57 Å². The van der Waals surface area contributed by atoms with Crippen LogP contribution in [0.1, 0.15) is 12.2 Å². The first-order valence-corrected chi connectivity index (χ1v) is 7.06. The Labute approximate surface area is 119 Å². The molecule has 0 fully saturated rings. The molecule has 0 unspecified atom stereocenters. The highest BCUT2D eigenvalue weighted by molar-refractivity contribution is 5.78. The number of aromatic nitrogens is 2. The maximum atomic E-state index is 4.80. The second-order valence-corrected chi connectivity index (χ2v) is 4.89. The molecule has 0 spiro atoms. The number of para-hydroxylation sites is 3. The quantitative estimate of drug-likeness (QED) is 0.718. The molecule has 0 aliphatic rings. The monoisotopic (exact) mass is 265 g/mol. The number of hydrogen-bond donors (Lipinski definition) is 1. The number of benzene rings is 2. The lowest BCUT2D eigenvalue weighted by Crippen LogP contribution is -2.10. The molecule has 102 valence electrons. The van der Waals surface area contributed by atoms with E-state index in [2.05, 4.69) is 52.3 Å². The molecule has 3 rings (SSSR count). The van der Waals surface area contributed by atoms with Crippen LogP contribution in [0.25, 0.3) is 16.7 Å². The van der Waals surface area contributed by atoms with Crippen LogP contribution in [0.4, 0.5) is 0 Å². The highest BCUT2D eigenvalue weighted by atomic mass is 15.1. The maximum absolute atomic E-state index is 4.80. The molecule has 0 aliphatic heterocycles. The van der Waals surface area contributed by atoms with Gasteiger partial charge in [-0.25, -0.2) is 4.98 Å². The van der Waals surface area contributed by atoms with E-state index >= 15 is 0 Å². The average Bonchev–Trinajstić information content (AvgIpc) is 2.86. The van der Waals surface area contributed by atoms with Gasteiger partial charge in [0.1, 0.15) is 5.82 Å². The fourth-order valence-corrected chi connectivity index (χ4v) is 2.53. The summed E-state index contributed by atoms with van der Waals surface area (Å²) < 4.78 is 2.27. The van der Waals surface area contributed by atoms with Crippen molar-refractivity contribution >= 4 is 11.0 Å². The van der Waals surface area contributed by atoms with E-state index < -0.39 is 0 Å². The van der Waals surface area contributed by atoms with E-state index in [4.69, 9.17) is 4.98 Å². The molecular formula is C17H19N3. The summed E-state index contributed by atoms with van der Waals surface area (Å²) in [5.41, 5.74) is 3.43. The van der Waals surface area contributed by atoms with E-state index in [9.17, 15) is 0 Å². The predicted octanol–water partition coefficient (Wildman–Crippen LogP) is 3.18. The third-order valence-corrected chi connectivity index (χ3v) is 3.47. The molecule has 0 atom stereocenters. The lowest BCUT2D eigenvalue weighted by molar-refractivity contribution is 0.698. The Morgan fingerprint density at radius 3 is 2.55 bits per heavy atom. The van der Waals surface area contributed by atoms with Crippen LogP contribution in [0.15, 0.2) is 54.6 Å². The molecule has 3 aromatic rings. The van der Waals surface area contributed by atoms with E-state index in [1.807, 2.05) is 19.2 Å². The van der Waals surface area contributed by atoms with Crippen molar-refractivity contribution < 1.29 is 0 Å². The lowest BCUT2D eigenvalue weighted by Gasteiger charge is -2.09. The van der Waals surface area contributed by atoms with Crippen LogP contribution >= 0.6 is 0 Å². The van der Waals surface area contributed by atoms with Crippen molar-refractivity contribution in [2.24, 2.45) is 0 Å². The topological polar surface area (TPSA) is 29.9 Å². The molecule has 2 aromatic carbocycles. The maximum Gasteiger partial charge on any atom is 0.114 e. The van der Waals surface area contributed by atoms with Gasteiger partial charge in [0.05, 0.1) is 11.0 Å². The zero-order chi connectivity index (χ0) is 13.8. The molecule has 3 nitrogen and oxygen atoms in total. The molecule has 0 saturated carbocycles. The van der Waals surface area contributed by atoms with Gasteiger partial charge in [-0.05, 0) is 44.3 Å². The van der Waals surface area contributed by atoms with Crippen LogP contribution in [-0.2, 0) is 6.42 Å². The molecule has 20 heavy (non-hydrogen) atoms. The van der Waals surface area contributed by atoms with E-state index in [0.29, 0.717) is 0 Å². The summed E-state index contributed by atoms with van der Waals surface area (Å²) in [5, 5.41) is 3.19. The first kappa shape index (κ1) is 12.9. The number of nitrogens with zero attached hydrogens (tertiary/aromatic N) is 2. The fourth-order valence-electron chi connectivity index (χ4n) is 2.53. The number of fused-ring (bicyclic) bond motifs is 1. The molecule has 0 amide bonds. The minimum Gasteiger partial charge on any atom is -0.320 e. The summed E-state index contributed by atoms with van der Waals surface area (Å²) in [7, 11) is 1.99. The molecule has 1 heterocycles. The van der Waals surface area contributed by atoms with Crippen LogP contribution in [0.2, 0.25) is 0 Å². The van der Waals surface area contributed by atoms with Crippen molar-refractivity contribution in [1.29, 1.82) is 0 Å². The smallest absolute Gasteiger partial charge is 0.114 e. The average molecular weight is 265 g/mol. The van der Waals surface area contributed by atoms with Gasteiger partial charge in [-0.1, -0.05) is 30.3 Å². The predicted molar refractivity (Wildman–Crippen MR) is 83.3 cm³/mol. The van der Waals surface area contributed by atoms with Crippen LogP contribution in [0, 0.1) is 0 Å². The number of imidazole rings is 1. The molecule has 0 bridgehead atoms. The lowest BCUT2D eigenvalue weighted by atomic mass is 10.2. The van der Waals surface area contributed by atoms with Gasteiger partial charge in [0.25, 0.3) is 0 Å². The molecule has 3 heteroatoms. The molecule has 1 N–H and O–H groups in total. The van der Waals surface area contributed by atoms with Crippen LogP contribution in [-0.4, -0.2) is 23.1 Å². The Morgan fingerprint density at radius 2 is 1.75 bits per heavy atom. The Morgan fingerprint density at radius 1 is 1.00 bits per heavy atom. The molecule has 0 radical (unpaired) electrons. The Bertz CT molecular complexity index is 686. The van der Waals surface area contributed by atoms with Crippen molar-refractivity contribution in [2.45, 2.75) is 12.8 Å². The van der Waals surface area contributed by atoms with Gasteiger partial charge in [0, 0.05) is 12.1 Å². The van der Waals surface area contributed by atoms with E-state index in [1.165, 1.54) is 11.2 Å². The zero-order valence-corrected chi connectivity index (χ0v) is 11.7. The van der Waals surface area contributed by atoms with Gasteiger partial charge >= 0.3 is 0 Å². The fraction of sp³-hybridized carbons (Fsp3) is 0.235. The summed E-state index contributed by atoms with van der Waals surface area (Å²) >= 11 is 0. The number of hydrogen-bond acceptors (Lipinski definition) is 2. The standard InChI is InChI=1S/C17H19N3/c1-18-13-7-12-17-19-15-10-5-6-11-16(15)20(17)14-8-3-2-4-9-14/h2-6,8-11,18H,7,12-13H2,1H3. The number of nitrogens with one attached hydrogen (secondary N) is 1. The third-order valence-electron chi connectivity index (χ3n) is 3.47. The minimum absolute atomic E-state index is 0.977. The minimum atomic E-state index is 0.977. The summed E-state index contributed by atoms with van der Waals surface area (Å²) in [6, 6.07) is 18.8. The summed E-state index contributed by atoms with van der Waals surface area (Å²) in [4.78, 5) is 4.80. The largest absolute Gasteiger partial charge is 0.320 e. The van der Waals surface area contributed by atoms with Gasteiger partial charge in [0.2, 0.25) is 0 Å². The third kappa shape index (κ3) is 2.45. The number of aryl methyl sites for hydroxylation is 1. The second-order valence-electron chi connectivity index (χ2n) is 4.89. The van der Waals surface area contributed by atoms with Crippen molar-refractivity contribution in [3.8, 4) is 5.69 Å². The number of rotatable bonds is 5. The Hall–Kier alpha value is -2.13. The Kier molecular flexibility index (Phi) is 3.79. The normalized spacial score (nSPS) is 11.1. The second kappa shape index (κ2) is 5.88. The van der Waals surface area contributed by atoms with Gasteiger partial charge in [-0.2, -0.15) is 0 Å². The van der Waals surface area contributed by atoms with Crippen molar-refractivity contribution in [1.82, 2.24) is 14.9 Å². The summed E-state index contributed by atoms with van der Waals surface area (Å²) in [5.74, 6) is 1.13. The zero-order valence-electron chi connectivity index (χ0n) is 11.7. The van der Waals surface area contributed by atoms with Crippen LogP contribution in [0.5, 0.6) is 0 Å². The molecular weight excluding hydrogens is 246 g/mol. The van der Waals surface area contributed by atoms with Crippen molar-refractivity contribution in [2.75, 3.05) is 13.6 Å². The first-order chi connectivity index (χ1) is 9.90. The highest BCUT2D eigenvalue weighted by Gasteiger charge is 2.11. The molecule has 1 aromatic heterocycles. The molecule has 0 saturated heterocycles. The summed E-state index contributed by atoms with van der Waals surface area (Å²) in [6.07, 6.45) is 2.07. The van der Waals surface area contributed by atoms with Crippen LogP contribution in [0.3, 0.4) is 0 Å². The van der Waals surface area contributed by atoms with Crippen molar-refractivity contribution in [3.63, 3.8) is 0 Å².